The molecule has 3 N–H and O–H groups in total. The number of fused-ring (bicyclic) bond motifs is 1. The van der Waals surface area contributed by atoms with Gasteiger partial charge in [0.1, 0.15) is 5.82 Å². The minimum Gasteiger partial charge on any atom is -0.379 e. The zero-order chi connectivity index (χ0) is 18.9. The summed E-state index contributed by atoms with van der Waals surface area (Å²) < 4.78 is 14.9. The molecule has 1 saturated carbocycles. The van der Waals surface area contributed by atoms with Crippen LogP contribution in [0, 0.1) is 11.7 Å². The molecule has 1 aliphatic carbocycles. The van der Waals surface area contributed by atoms with Crippen molar-refractivity contribution >= 4 is 28.5 Å². The molecule has 1 amide bonds. The molecule has 140 valence electrons. The molecule has 0 saturated heterocycles. The Morgan fingerprint density at radius 1 is 1.22 bits per heavy atom. The van der Waals surface area contributed by atoms with E-state index >= 15 is 0 Å². The number of amidine groups is 1. The number of carbonyl (C=O) groups excluding carboxylic acids is 1. The fourth-order valence-electron chi connectivity index (χ4n) is 4.15. The number of thioether (sulfide) groups is 1. The van der Waals surface area contributed by atoms with Gasteiger partial charge in [0.2, 0.25) is 0 Å². The summed E-state index contributed by atoms with van der Waals surface area (Å²) in [6.07, 6.45) is 3.93. The van der Waals surface area contributed by atoms with E-state index in [2.05, 4.69) is 5.32 Å². The third kappa shape index (κ3) is 3.46. The molecule has 0 bridgehead atoms. The van der Waals surface area contributed by atoms with Crippen LogP contribution in [0.15, 0.2) is 53.5 Å². The van der Waals surface area contributed by atoms with Crippen molar-refractivity contribution in [1.82, 2.24) is 0 Å². The lowest BCUT2D eigenvalue weighted by molar-refractivity contribution is 0.102. The highest BCUT2D eigenvalue weighted by atomic mass is 32.2. The summed E-state index contributed by atoms with van der Waals surface area (Å²) in [6, 6.07) is 13.7. The Kier molecular flexibility index (Phi) is 4.91. The topological polar surface area (TPSA) is 67.5 Å². The second-order valence-electron chi connectivity index (χ2n) is 7.14. The highest BCUT2D eigenvalue weighted by molar-refractivity contribution is 8.13. The molecule has 1 fully saturated rings. The monoisotopic (exact) mass is 383 g/mol. The number of halogens is 1. The number of amides is 1. The molecular formula is C21H22FN3OS. The van der Waals surface area contributed by atoms with Crippen molar-refractivity contribution < 1.29 is 9.18 Å². The Labute approximate surface area is 162 Å². The molecule has 1 heterocycles. The van der Waals surface area contributed by atoms with Crippen molar-refractivity contribution in [1.29, 1.82) is 0 Å². The molecule has 4 nitrogen and oxygen atoms in total. The van der Waals surface area contributed by atoms with E-state index in [1.54, 1.807) is 36.0 Å². The van der Waals surface area contributed by atoms with Crippen LogP contribution in [-0.2, 0) is 5.54 Å². The molecule has 1 aliphatic heterocycles. The lowest BCUT2D eigenvalue weighted by atomic mass is 9.69. The standard InChI is InChI=1S/C21H22FN3OS/c22-18-10-9-16(24-19(26)14-6-2-1-3-7-14)12-17(18)21-11-5-4-8-15(21)13-27-20(23)25-21/h1-3,6-7,9-10,12,15H,4-5,8,11,13H2,(H2,23,25)(H,24,26)/t15-,21-/m0/s1. The molecule has 0 radical (unpaired) electrons. The summed E-state index contributed by atoms with van der Waals surface area (Å²) in [5.41, 5.74) is 7.09. The molecule has 2 atom stereocenters. The molecular weight excluding hydrogens is 361 g/mol. The van der Waals surface area contributed by atoms with Crippen LogP contribution in [0.3, 0.4) is 0 Å². The maximum atomic E-state index is 14.9. The second kappa shape index (κ2) is 7.35. The van der Waals surface area contributed by atoms with Gasteiger partial charge in [-0.05, 0) is 49.1 Å². The van der Waals surface area contributed by atoms with E-state index in [4.69, 9.17) is 10.7 Å². The summed E-state index contributed by atoms with van der Waals surface area (Å²) in [5.74, 6) is 0.615. The number of rotatable bonds is 3. The average Bonchev–Trinajstić information content (AvgIpc) is 2.69. The SMILES string of the molecule is NC1=N[C@@]2(c3cc(NC(=O)c4ccccc4)ccc3F)CCCC[C@H]2CS1. The Morgan fingerprint density at radius 2 is 2.04 bits per heavy atom. The van der Waals surface area contributed by atoms with E-state index in [-0.39, 0.29) is 17.6 Å². The van der Waals surface area contributed by atoms with Gasteiger partial charge in [0.25, 0.3) is 5.91 Å². The van der Waals surface area contributed by atoms with Crippen LogP contribution in [0.2, 0.25) is 0 Å². The van der Waals surface area contributed by atoms with Crippen LogP contribution in [0.4, 0.5) is 10.1 Å². The van der Waals surface area contributed by atoms with Gasteiger partial charge in [0.15, 0.2) is 5.17 Å². The Bertz CT molecular complexity index is 886. The number of nitrogens with two attached hydrogens (primary N) is 1. The van der Waals surface area contributed by atoms with Crippen molar-refractivity contribution in [3.05, 3.63) is 65.5 Å². The summed E-state index contributed by atoms with van der Waals surface area (Å²) >= 11 is 1.55. The van der Waals surface area contributed by atoms with Gasteiger partial charge in [-0.3, -0.25) is 9.79 Å². The minimum absolute atomic E-state index is 0.215. The maximum absolute atomic E-state index is 14.9. The lowest BCUT2D eigenvalue weighted by Crippen LogP contribution is -2.43. The van der Waals surface area contributed by atoms with Crippen LogP contribution in [0.1, 0.15) is 41.6 Å². The van der Waals surface area contributed by atoms with Crippen LogP contribution in [-0.4, -0.2) is 16.8 Å². The minimum atomic E-state index is -0.620. The number of nitrogens with zero attached hydrogens (tertiary/aromatic N) is 1. The van der Waals surface area contributed by atoms with Crippen LogP contribution in [0.5, 0.6) is 0 Å². The number of hydrogen-bond acceptors (Lipinski definition) is 4. The van der Waals surface area contributed by atoms with Gasteiger partial charge in [-0.1, -0.05) is 42.8 Å². The lowest BCUT2D eigenvalue weighted by Gasteiger charge is -2.44. The van der Waals surface area contributed by atoms with E-state index in [1.807, 2.05) is 18.2 Å². The quantitative estimate of drug-likeness (QED) is 0.819. The maximum Gasteiger partial charge on any atom is 0.255 e. The second-order valence-corrected chi connectivity index (χ2v) is 8.18. The molecule has 2 aromatic carbocycles. The normalized spacial score (nSPS) is 24.6. The van der Waals surface area contributed by atoms with Gasteiger partial charge < -0.3 is 11.1 Å². The van der Waals surface area contributed by atoms with Crippen LogP contribution in [0.25, 0.3) is 0 Å². The highest BCUT2D eigenvalue weighted by Crippen LogP contribution is 2.50. The van der Waals surface area contributed by atoms with Crippen molar-refractivity contribution in [3.8, 4) is 0 Å². The highest BCUT2D eigenvalue weighted by Gasteiger charge is 2.46. The fourth-order valence-corrected chi connectivity index (χ4v) is 5.20. The Hall–Kier alpha value is -2.34. The van der Waals surface area contributed by atoms with Crippen molar-refractivity contribution in [2.45, 2.75) is 31.2 Å². The number of carbonyl (C=O) groups is 1. The largest absolute Gasteiger partial charge is 0.379 e. The van der Waals surface area contributed by atoms with Crippen molar-refractivity contribution in [3.63, 3.8) is 0 Å². The first-order valence-electron chi connectivity index (χ1n) is 9.23. The predicted molar refractivity (Wildman–Crippen MR) is 109 cm³/mol. The summed E-state index contributed by atoms with van der Waals surface area (Å²) in [4.78, 5) is 17.2. The molecule has 27 heavy (non-hydrogen) atoms. The van der Waals surface area contributed by atoms with E-state index in [9.17, 15) is 9.18 Å². The van der Waals surface area contributed by atoms with Crippen LogP contribution < -0.4 is 11.1 Å². The van der Waals surface area contributed by atoms with Crippen molar-refractivity contribution in [2.75, 3.05) is 11.1 Å². The molecule has 0 spiro atoms. The average molecular weight is 383 g/mol. The molecule has 4 rings (SSSR count). The van der Waals surface area contributed by atoms with Gasteiger partial charge in [-0.25, -0.2) is 4.39 Å². The molecule has 6 heteroatoms. The summed E-state index contributed by atoms with van der Waals surface area (Å²) in [7, 11) is 0. The van der Waals surface area contributed by atoms with Gasteiger partial charge in [0.05, 0.1) is 5.54 Å². The zero-order valence-electron chi connectivity index (χ0n) is 15.0. The van der Waals surface area contributed by atoms with Gasteiger partial charge in [-0.15, -0.1) is 0 Å². The van der Waals surface area contributed by atoms with Gasteiger partial charge >= 0.3 is 0 Å². The summed E-state index contributed by atoms with van der Waals surface area (Å²) in [6.45, 7) is 0. The van der Waals surface area contributed by atoms with E-state index in [1.165, 1.54) is 6.07 Å². The van der Waals surface area contributed by atoms with E-state index in [0.29, 0.717) is 22.0 Å². The number of anilines is 1. The zero-order valence-corrected chi connectivity index (χ0v) is 15.8. The van der Waals surface area contributed by atoms with E-state index < -0.39 is 5.54 Å². The number of aliphatic imine (C=N–C) groups is 1. The van der Waals surface area contributed by atoms with Gasteiger partial charge in [0, 0.05) is 22.6 Å². The smallest absolute Gasteiger partial charge is 0.255 e. The summed E-state index contributed by atoms with van der Waals surface area (Å²) in [5, 5.41) is 3.40. The fraction of sp³-hybridized carbons (Fsp3) is 0.333. The molecule has 0 aromatic heterocycles. The number of hydrogen-bond donors (Lipinski definition) is 2. The molecule has 2 aliphatic rings. The Morgan fingerprint density at radius 3 is 2.85 bits per heavy atom. The van der Waals surface area contributed by atoms with Gasteiger partial charge in [-0.2, -0.15) is 0 Å². The molecule has 0 unspecified atom stereocenters. The van der Waals surface area contributed by atoms with Crippen molar-refractivity contribution in [2.24, 2.45) is 16.6 Å². The number of benzene rings is 2. The third-order valence-corrected chi connectivity index (χ3v) is 6.46. The first-order chi connectivity index (χ1) is 13.1. The first-order valence-corrected chi connectivity index (χ1v) is 10.2. The first kappa shape index (κ1) is 18.0. The Balaban J connectivity index is 1.70. The third-order valence-electron chi connectivity index (χ3n) is 5.50. The molecule has 2 aromatic rings. The van der Waals surface area contributed by atoms with Crippen LogP contribution >= 0.6 is 11.8 Å². The number of nitrogens with one attached hydrogen (secondary N) is 1. The predicted octanol–water partition coefficient (Wildman–Crippen LogP) is 4.53. The van der Waals surface area contributed by atoms with E-state index in [0.717, 1.165) is 31.4 Å².